The van der Waals surface area contributed by atoms with E-state index >= 15 is 0 Å². The Morgan fingerprint density at radius 1 is 1.33 bits per heavy atom. The van der Waals surface area contributed by atoms with Crippen LogP contribution in [0, 0.1) is 17.0 Å². The predicted molar refractivity (Wildman–Crippen MR) is 77.7 cm³/mol. The van der Waals surface area contributed by atoms with E-state index in [1.165, 1.54) is 6.07 Å². The minimum absolute atomic E-state index is 0.00346. The second kappa shape index (κ2) is 6.52. The topological polar surface area (TPSA) is 41.1 Å². The van der Waals surface area contributed by atoms with Crippen molar-refractivity contribution in [2.75, 3.05) is 13.1 Å². The molecule has 0 saturated carbocycles. The number of piperidine rings is 1. The van der Waals surface area contributed by atoms with Crippen LogP contribution in [-0.4, -0.2) is 19.0 Å². The van der Waals surface area contributed by atoms with Gasteiger partial charge in [-0.3, -0.25) is 4.79 Å². The van der Waals surface area contributed by atoms with E-state index in [0.29, 0.717) is 5.56 Å². The maximum atomic E-state index is 13.3. The van der Waals surface area contributed by atoms with Gasteiger partial charge in [-0.1, -0.05) is 13.0 Å². The van der Waals surface area contributed by atoms with Gasteiger partial charge < -0.3 is 10.6 Å². The molecule has 2 rings (SSSR count). The first-order chi connectivity index (χ1) is 9.98. The highest BCUT2D eigenvalue weighted by Crippen LogP contribution is 2.33. The average molecular weight is 296 g/mol. The molecule has 1 unspecified atom stereocenters. The summed E-state index contributed by atoms with van der Waals surface area (Å²) in [6.07, 6.45) is 2.39. The molecule has 116 valence electrons. The van der Waals surface area contributed by atoms with Crippen molar-refractivity contribution in [2.24, 2.45) is 5.41 Å². The minimum Gasteiger partial charge on any atom is -0.349 e. The predicted octanol–water partition coefficient (Wildman–Crippen LogP) is 2.92. The maximum absolute atomic E-state index is 13.3. The van der Waals surface area contributed by atoms with Crippen LogP contribution in [0.25, 0.3) is 0 Å². The van der Waals surface area contributed by atoms with E-state index in [9.17, 15) is 13.6 Å². The van der Waals surface area contributed by atoms with E-state index in [1.807, 2.05) is 6.92 Å². The van der Waals surface area contributed by atoms with Crippen molar-refractivity contribution in [3.63, 3.8) is 0 Å². The number of hydrogen-bond donors (Lipinski definition) is 2. The molecule has 1 aromatic carbocycles. The van der Waals surface area contributed by atoms with Gasteiger partial charge in [-0.2, -0.15) is 0 Å². The molecule has 1 saturated heterocycles. The van der Waals surface area contributed by atoms with E-state index in [1.54, 1.807) is 6.92 Å². The van der Waals surface area contributed by atoms with Crippen molar-refractivity contribution < 1.29 is 13.6 Å². The molecule has 0 bridgehead atoms. The number of halogens is 2. The zero-order chi connectivity index (χ0) is 15.5. The third-order valence-corrected chi connectivity index (χ3v) is 4.51. The van der Waals surface area contributed by atoms with Gasteiger partial charge in [0.05, 0.1) is 11.5 Å². The smallest absolute Gasteiger partial charge is 0.226 e. The molecule has 1 aromatic rings. The van der Waals surface area contributed by atoms with Crippen LogP contribution < -0.4 is 10.6 Å². The molecular weight excluding hydrogens is 274 g/mol. The Morgan fingerprint density at radius 2 is 2.00 bits per heavy atom. The largest absolute Gasteiger partial charge is 0.349 e. The molecule has 1 heterocycles. The summed E-state index contributed by atoms with van der Waals surface area (Å²) in [5, 5.41) is 6.20. The van der Waals surface area contributed by atoms with Crippen LogP contribution in [-0.2, 0) is 4.79 Å². The lowest BCUT2D eigenvalue weighted by Gasteiger charge is -2.36. The van der Waals surface area contributed by atoms with Crippen LogP contribution in [0.2, 0.25) is 0 Å². The Hall–Kier alpha value is -1.49. The molecule has 1 aliphatic rings. The van der Waals surface area contributed by atoms with Gasteiger partial charge in [-0.25, -0.2) is 8.78 Å². The van der Waals surface area contributed by atoms with Crippen LogP contribution in [0.1, 0.15) is 44.7 Å². The third kappa shape index (κ3) is 3.40. The molecule has 1 amide bonds. The van der Waals surface area contributed by atoms with Crippen LogP contribution in [0.3, 0.4) is 0 Å². The summed E-state index contributed by atoms with van der Waals surface area (Å²) in [5.74, 6) is -1.76. The van der Waals surface area contributed by atoms with Crippen molar-refractivity contribution in [3.8, 4) is 0 Å². The van der Waals surface area contributed by atoms with E-state index in [4.69, 9.17) is 0 Å². The Morgan fingerprint density at radius 3 is 2.57 bits per heavy atom. The van der Waals surface area contributed by atoms with Crippen LogP contribution in [0.4, 0.5) is 8.78 Å². The standard InChI is InChI=1S/C16H22F2N2O/c1-3-16(6-8-19-9-7-16)15(21)20-11(2)12-4-5-13(17)14(18)10-12/h4-5,10-11,19H,3,6-9H2,1-2H3,(H,20,21). The van der Waals surface area contributed by atoms with Gasteiger partial charge >= 0.3 is 0 Å². The number of carbonyl (C=O) groups excluding carboxylic acids is 1. The van der Waals surface area contributed by atoms with E-state index < -0.39 is 11.6 Å². The van der Waals surface area contributed by atoms with Crippen molar-refractivity contribution in [1.82, 2.24) is 10.6 Å². The highest BCUT2D eigenvalue weighted by atomic mass is 19.2. The molecule has 0 radical (unpaired) electrons. The Bertz CT molecular complexity index is 513. The lowest BCUT2D eigenvalue weighted by atomic mass is 9.75. The van der Waals surface area contributed by atoms with Gasteiger partial charge in [0.25, 0.3) is 0 Å². The summed E-state index contributed by atoms with van der Waals surface area (Å²) < 4.78 is 26.2. The minimum atomic E-state index is -0.888. The Kier molecular flexibility index (Phi) is 4.93. The number of amides is 1. The first kappa shape index (κ1) is 15.9. The van der Waals surface area contributed by atoms with E-state index in [0.717, 1.165) is 44.5 Å². The lowest BCUT2D eigenvalue weighted by molar-refractivity contribution is -0.133. The molecule has 21 heavy (non-hydrogen) atoms. The number of hydrogen-bond acceptors (Lipinski definition) is 2. The number of rotatable bonds is 4. The molecule has 0 aliphatic carbocycles. The van der Waals surface area contributed by atoms with Crippen molar-refractivity contribution in [3.05, 3.63) is 35.4 Å². The second-order valence-corrected chi connectivity index (χ2v) is 5.75. The molecule has 5 heteroatoms. The first-order valence-corrected chi connectivity index (χ1v) is 7.45. The molecule has 3 nitrogen and oxygen atoms in total. The van der Waals surface area contributed by atoms with Crippen molar-refractivity contribution >= 4 is 5.91 Å². The van der Waals surface area contributed by atoms with Crippen molar-refractivity contribution in [2.45, 2.75) is 39.2 Å². The van der Waals surface area contributed by atoms with E-state index in [-0.39, 0.29) is 17.4 Å². The molecule has 0 aromatic heterocycles. The number of benzene rings is 1. The number of carbonyl (C=O) groups is 1. The number of nitrogens with one attached hydrogen (secondary N) is 2. The fraction of sp³-hybridized carbons (Fsp3) is 0.562. The van der Waals surface area contributed by atoms with Crippen molar-refractivity contribution in [1.29, 1.82) is 0 Å². The summed E-state index contributed by atoms with van der Waals surface area (Å²) in [7, 11) is 0. The second-order valence-electron chi connectivity index (χ2n) is 5.75. The SMILES string of the molecule is CCC1(C(=O)NC(C)c2ccc(F)c(F)c2)CCNCC1. The van der Waals surface area contributed by atoms with Gasteiger partial charge in [0.1, 0.15) is 0 Å². The van der Waals surface area contributed by atoms with Crippen LogP contribution in [0.15, 0.2) is 18.2 Å². The molecule has 2 N–H and O–H groups in total. The van der Waals surface area contributed by atoms with Gasteiger partial charge in [-0.15, -0.1) is 0 Å². The summed E-state index contributed by atoms with van der Waals surface area (Å²) in [4.78, 5) is 12.6. The van der Waals surface area contributed by atoms with Gasteiger partial charge in [0.15, 0.2) is 11.6 Å². The third-order valence-electron chi connectivity index (χ3n) is 4.51. The first-order valence-electron chi connectivity index (χ1n) is 7.45. The molecule has 1 atom stereocenters. The fourth-order valence-electron chi connectivity index (χ4n) is 2.86. The van der Waals surface area contributed by atoms with Gasteiger partial charge in [0.2, 0.25) is 5.91 Å². The Labute approximate surface area is 124 Å². The highest BCUT2D eigenvalue weighted by molar-refractivity contribution is 5.83. The zero-order valence-corrected chi connectivity index (χ0v) is 12.5. The molecule has 0 spiro atoms. The summed E-state index contributed by atoms with van der Waals surface area (Å²) in [5.41, 5.74) is 0.223. The molecule has 1 fully saturated rings. The summed E-state index contributed by atoms with van der Waals surface area (Å²) in [6.45, 7) is 5.48. The average Bonchev–Trinajstić information content (AvgIpc) is 2.50. The fourth-order valence-corrected chi connectivity index (χ4v) is 2.86. The maximum Gasteiger partial charge on any atom is 0.226 e. The molecule has 1 aliphatic heterocycles. The van der Waals surface area contributed by atoms with Crippen LogP contribution in [0.5, 0.6) is 0 Å². The zero-order valence-electron chi connectivity index (χ0n) is 12.5. The highest BCUT2D eigenvalue weighted by Gasteiger charge is 2.38. The normalized spacial score (nSPS) is 19.0. The quantitative estimate of drug-likeness (QED) is 0.897. The monoisotopic (exact) mass is 296 g/mol. The lowest BCUT2D eigenvalue weighted by Crippen LogP contribution is -2.47. The van der Waals surface area contributed by atoms with Crippen LogP contribution >= 0.6 is 0 Å². The summed E-state index contributed by atoms with van der Waals surface area (Å²) >= 11 is 0. The van der Waals surface area contributed by atoms with Gasteiger partial charge in [-0.05, 0) is 57.0 Å². The molecular formula is C16H22F2N2O. The van der Waals surface area contributed by atoms with E-state index in [2.05, 4.69) is 10.6 Å². The summed E-state index contributed by atoms with van der Waals surface area (Å²) in [6, 6.07) is 3.39. The van der Waals surface area contributed by atoms with Gasteiger partial charge in [0, 0.05) is 0 Å². The Balaban J connectivity index is 2.08.